The third kappa shape index (κ3) is 3.77. The highest BCUT2D eigenvalue weighted by molar-refractivity contribution is 7.11. The lowest BCUT2D eigenvalue weighted by Gasteiger charge is -2.13. The smallest absolute Gasteiger partial charge is 0.358 e. The van der Waals surface area contributed by atoms with Gasteiger partial charge < -0.3 is 10.1 Å². The van der Waals surface area contributed by atoms with E-state index >= 15 is 0 Å². The fourth-order valence-corrected chi connectivity index (χ4v) is 2.86. The van der Waals surface area contributed by atoms with E-state index in [-0.39, 0.29) is 11.7 Å². The molecule has 5 nitrogen and oxygen atoms in total. The quantitative estimate of drug-likeness (QED) is 0.858. The molecule has 0 amide bonds. The molecule has 0 aromatic carbocycles. The SMILES string of the molecule is COC(=O)c1cncc(NC(C)Cc2ccc(C)s2)n1. The number of aromatic nitrogens is 2. The lowest BCUT2D eigenvalue weighted by atomic mass is 10.2. The number of hydrogen-bond donors (Lipinski definition) is 1. The number of esters is 1. The van der Waals surface area contributed by atoms with Gasteiger partial charge in [0.1, 0.15) is 5.82 Å². The van der Waals surface area contributed by atoms with E-state index in [0.29, 0.717) is 5.82 Å². The molecule has 2 aromatic heterocycles. The molecule has 2 aromatic rings. The van der Waals surface area contributed by atoms with Gasteiger partial charge in [-0.15, -0.1) is 11.3 Å². The van der Waals surface area contributed by atoms with Crippen LogP contribution in [0.5, 0.6) is 0 Å². The Morgan fingerprint density at radius 3 is 2.90 bits per heavy atom. The molecule has 106 valence electrons. The fraction of sp³-hybridized carbons (Fsp3) is 0.357. The molecule has 1 unspecified atom stereocenters. The molecular formula is C14H17N3O2S. The van der Waals surface area contributed by atoms with Crippen LogP contribution in [0.25, 0.3) is 0 Å². The molecule has 0 aliphatic heterocycles. The predicted octanol–water partition coefficient (Wildman–Crippen LogP) is 2.68. The number of thiophene rings is 1. The highest BCUT2D eigenvalue weighted by atomic mass is 32.1. The predicted molar refractivity (Wildman–Crippen MR) is 79.2 cm³/mol. The summed E-state index contributed by atoms with van der Waals surface area (Å²) in [6.45, 7) is 4.17. The summed E-state index contributed by atoms with van der Waals surface area (Å²) in [6.07, 6.45) is 3.90. The first-order valence-electron chi connectivity index (χ1n) is 6.30. The molecule has 6 heteroatoms. The first kappa shape index (κ1) is 14.5. The van der Waals surface area contributed by atoms with Crippen molar-refractivity contribution in [3.8, 4) is 0 Å². The second-order valence-corrected chi connectivity index (χ2v) is 5.92. The number of anilines is 1. The van der Waals surface area contributed by atoms with Crippen LogP contribution < -0.4 is 5.32 Å². The van der Waals surface area contributed by atoms with Crippen molar-refractivity contribution in [3.63, 3.8) is 0 Å². The van der Waals surface area contributed by atoms with E-state index in [1.807, 2.05) is 0 Å². The molecular weight excluding hydrogens is 274 g/mol. The molecule has 0 aliphatic rings. The normalized spacial score (nSPS) is 11.9. The van der Waals surface area contributed by atoms with Gasteiger partial charge in [0.2, 0.25) is 0 Å². The van der Waals surface area contributed by atoms with E-state index < -0.39 is 5.97 Å². The summed E-state index contributed by atoms with van der Waals surface area (Å²) in [7, 11) is 1.33. The lowest BCUT2D eigenvalue weighted by molar-refractivity contribution is 0.0593. The van der Waals surface area contributed by atoms with E-state index in [9.17, 15) is 4.79 Å². The van der Waals surface area contributed by atoms with Gasteiger partial charge in [-0.1, -0.05) is 0 Å². The molecule has 0 aliphatic carbocycles. The maximum atomic E-state index is 11.4. The van der Waals surface area contributed by atoms with E-state index in [4.69, 9.17) is 0 Å². The van der Waals surface area contributed by atoms with Crippen molar-refractivity contribution >= 4 is 23.1 Å². The van der Waals surface area contributed by atoms with Crippen molar-refractivity contribution < 1.29 is 9.53 Å². The van der Waals surface area contributed by atoms with Crippen molar-refractivity contribution in [1.29, 1.82) is 0 Å². The van der Waals surface area contributed by atoms with Crippen LogP contribution in [0, 0.1) is 6.92 Å². The summed E-state index contributed by atoms with van der Waals surface area (Å²) in [4.78, 5) is 22.2. The Morgan fingerprint density at radius 1 is 1.45 bits per heavy atom. The third-order valence-electron chi connectivity index (χ3n) is 2.73. The summed E-state index contributed by atoms with van der Waals surface area (Å²) < 4.78 is 4.63. The molecule has 2 rings (SSSR count). The first-order chi connectivity index (χ1) is 9.58. The molecule has 0 fully saturated rings. The van der Waals surface area contributed by atoms with Crippen LogP contribution in [-0.2, 0) is 11.2 Å². The largest absolute Gasteiger partial charge is 0.464 e. The Labute approximate surface area is 122 Å². The summed E-state index contributed by atoms with van der Waals surface area (Å²) in [6, 6.07) is 4.45. The molecule has 20 heavy (non-hydrogen) atoms. The average Bonchev–Trinajstić information content (AvgIpc) is 2.83. The van der Waals surface area contributed by atoms with Crippen molar-refractivity contribution in [2.24, 2.45) is 0 Å². The summed E-state index contributed by atoms with van der Waals surface area (Å²) in [5.74, 6) is 0.0939. The van der Waals surface area contributed by atoms with Gasteiger partial charge in [-0.25, -0.2) is 9.78 Å². The van der Waals surface area contributed by atoms with Gasteiger partial charge >= 0.3 is 5.97 Å². The van der Waals surface area contributed by atoms with E-state index in [1.54, 1.807) is 17.5 Å². The lowest BCUT2D eigenvalue weighted by Crippen LogP contribution is -2.19. The van der Waals surface area contributed by atoms with Crippen LogP contribution in [0.2, 0.25) is 0 Å². The highest BCUT2D eigenvalue weighted by Gasteiger charge is 2.10. The van der Waals surface area contributed by atoms with E-state index in [1.165, 1.54) is 23.1 Å². The number of carbonyl (C=O) groups excluding carboxylic acids is 1. The van der Waals surface area contributed by atoms with E-state index in [2.05, 4.69) is 46.0 Å². The number of rotatable bonds is 5. The summed E-state index contributed by atoms with van der Waals surface area (Å²) >= 11 is 1.79. The van der Waals surface area contributed by atoms with Gasteiger partial charge in [-0.3, -0.25) is 4.98 Å². The van der Waals surface area contributed by atoms with Crippen LogP contribution in [0.4, 0.5) is 5.82 Å². The Hall–Kier alpha value is -1.95. The van der Waals surface area contributed by atoms with Gasteiger partial charge in [0, 0.05) is 22.2 Å². The molecule has 0 saturated carbocycles. The monoisotopic (exact) mass is 291 g/mol. The molecule has 0 radical (unpaired) electrons. The molecule has 2 heterocycles. The number of hydrogen-bond acceptors (Lipinski definition) is 6. The third-order valence-corrected chi connectivity index (χ3v) is 3.75. The maximum Gasteiger partial charge on any atom is 0.358 e. The second-order valence-electron chi connectivity index (χ2n) is 4.54. The van der Waals surface area contributed by atoms with Gasteiger partial charge in [-0.2, -0.15) is 0 Å². The highest BCUT2D eigenvalue weighted by Crippen LogP contribution is 2.18. The molecule has 1 N–H and O–H groups in total. The Balaban J connectivity index is 2.00. The van der Waals surface area contributed by atoms with Gasteiger partial charge in [0.25, 0.3) is 0 Å². The second kappa shape index (κ2) is 6.47. The number of carbonyl (C=O) groups is 1. The zero-order valence-electron chi connectivity index (χ0n) is 11.7. The van der Waals surface area contributed by atoms with E-state index in [0.717, 1.165) is 6.42 Å². The van der Waals surface area contributed by atoms with Crippen molar-refractivity contribution in [1.82, 2.24) is 9.97 Å². The average molecular weight is 291 g/mol. The van der Waals surface area contributed by atoms with Gasteiger partial charge in [0.05, 0.1) is 19.5 Å². The van der Waals surface area contributed by atoms with Crippen LogP contribution in [0.15, 0.2) is 24.5 Å². The topological polar surface area (TPSA) is 64.1 Å². The minimum absolute atomic E-state index is 0.204. The standard InChI is InChI=1S/C14H17N3O2S/c1-9(6-11-5-4-10(2)20-11)16-13-8-15-7-12(17-13)14(18)19-3/h4-5,7-9H,6H2,1-3H3,(H,16,17). The number of nitrogens with zero attached hydrogens (tertiary/aromatic N) is 2. The Bertz CT molecular complexity index is 598. The molecule has 0 bridgehead atoms. The first-order valence-corrected chi connectivity index (χ1v) is 7.12. The fourth-order valence-electron chi connectivity index (χ4n) is 1.84. The van der Waals surface area contributed by atoms with Gasteiger partial charge in [-0.05, 0) is 26.0 Å². The zero-order chi connectivity index (χ0) is 14.5. The molecule has 1 atom stereocenters. The number of methoxy groups -OCH3 is 1. The number of ether oxygens (including phenoxy) is 1. The zero-order valence-corrected chi connectivity index (χ0v) is 12.5. The van der Waals surface area contributed by atoms with Crippen molar-refractivity contribution in [3.05, 3.63) is 40.0 Å². The maximum absolute atomic E-state index is 11.4. The Kier molecular flexibility index (Phi) is 4.68. The molecule has 0 saturated heterocycles. The minimum atomic E-state index is -0.484. The molecule has 0 spiro atoms. The van der Waals surface area contributed by atoms with Crippen molar-refractivity contribution in [2.45, 2.75) is 26.3 Å². The van der Waals surface area contributed by atoms with Crippen molar-refractivity contribution in [2.75, 3.05) is 12.4 Å². The number of nitrogens with one attached hydrogen (secondary N) is 1. The van der Waals surface area contributed by atoms with Gasteiger partial charge in [0.15, 0.2) is 5.69 Å². The Morgan fingerprint density at radius 2 is 2.25 bits per heavy atom. The van der Waals surface area contributed by atoms with Crippen LogP contribution in [-0.4, -0.2) is 29.1 Å². The minimum Gasteiger partial charge on any atom is -0.464 e. The number of aryl methyl sites for hydroxylation is 1. The van der Waals surface area contributed by atoms with Crippen LogP contribution in [0.1, 0.15) is 27.2 Å². The van der Waals surface area contributed by atoms with Crippen LogP contribution >= 0.6 is 11.3 Å². The summed E-state index contributed by atoms with van der Waals surface area (Å²) in [5, 5.41) is 3.24. The van der Waals surface area contributed by atoms with Crippen LogP contribution in [0.3, 0.4) is 0 Å². The summed E-state index contributed by atoms with van der Waals surface area (Å²) in [5.41, 5.74) is 0.205.